The molecule has 128 valence electrons. The highest BCUT2D eigenvalue weighted by Gasteiger charge is 2.45. The fourth-order valence-electron chi connectivity index (χ4n) is 2.95. The number of aliphatic carboxylic acids is 1. The topological polar surface area (TPSA) is 84.2 Å². The molecule has 2 N–H and O–H groups in total. The molecule has 9 heteroatoms. The zero-order valence-electron chi connectivity index (χ0n) is 12.3. The number of hydrogen-bond acceptors (Lipinski definition) is 4. The number of carboxylic acid groups (broad SMARTS) is 1. The third-order valence-electron chi connectivity index (χ3n) is 4.08. The van der Waals surface area contributed by atoms with Gasteiger partial charge in [0.1, 0.15) is 6.54 Å². The van der Waals surface area contributed by atoms with E-state index in [-0.39, 0.29) is 18.8 Å². The van der Waals surface area contributed by atoms with Crippen molar-refractivity contribution in [3.63, 3.8) is 0 Å². The van der Waals surface area contributed by atoms with Crippen molar-refractivity contribution in [1.29, 1.82) is 0 Å². The first kappa shape index (κ1) is 17.3. The molecule has 0 aliphatic heterocycles. The molecule has 1 fully saturated rings. The summed E-state index contributed by atoms with van der Waals surface area (Å²) in [6.45, 7) is -0.534. The van der Waals surface area contributed by atoms with E-state index < -0.39 is 36.1 Å². The maximum atomic E-state index is 13.0. The van der Waals surface area contributed by atoms with E-state index in [1.165, 1.54) is 12.4 Å². The second-order valence-corrected chi connectivity index (χ2v) is 5.68. The molecule has 1 saturated carbocycles. The number of halogens is 3. The Labute approximate surface area is 130 Å². The number of aromatic nitrogens is 2. The fourth-order valence-corrected chi connectivity index (χ4v) is 2.95. The minimum atomic E-state index is -4.25. The molecule has 1 heterocycles. The smallest absolute Gasteiger partial charge is 0.392 e. The molecule has 6 nitrogen and oxygen atoms in total. The molecule has 0 radical (unpaired) electrons. The van der Waals surface area contributed by atoms with Crippen molar-refractivity contribution in [2.75, 3.05) is 11.9 Å². The largest absolute Gasteiger partial charge is 0.480 e. The minimum Gasteiger partial charge on any atom is -0.480 e. The van der Waals surface area contributed by atoms with Crippen molar-refractivity contribution in [1.82, 2.24) is 9.55 Å². The Bertz CT molecular complexity index is 615. The van der Waals surface area contributed by atoms with Gasteiger partial charge in [0.15, 0.2) is 5.82 Å². The van der Waals surface area contributed by atoms with Crippen LogP contribution in [0.2, 0.25) is 0 Å². The van der Waals surface area contributed by atoms with Crippen molar-refractivity contribution in [3.8, 4) is 0 Å². The highest BCUT2D eigenvalue weighted by atomic mass is 19.4. The van der Waals surface area contributed by atoms with Crippen LogP contribution in [0.5, 0.6) is 0 Å². The van der Waals surface area contributed by atoms with Gasteiger partial charge in [-0.3, -0.25) is 14.2 Å². The van der Waals surface area contributed by atoms with Gasteiger partial charge < -0.3 is 10.4 Å². The lowest BCUT2D eigenvalue weighted by Gasteiger charge is -2.33. The van der Waals surface area contributed by atoms with Gasteiger partial charge in [-0.1, -0.05) is 12.8 Å². The van der Waals surface area contributed by atoms with E-state index in [1.54, 1.807) is 0 Å². The summed E-state index contributed by atoms with van der Waals surface area (Å²) in [5, 5.41) is 11.4. The van der Waals surface area contributed by atoms with Gasteiger partial charge in [0.25, 0.3) is 5.56 Å². The van der Waals surface area contributed by atoms with E-state index in [2.05, 4.69) is 10.3 Å². The van der Waals surface area contributed by atoms with E-state index in [0.717, 1.165) is 11.0 Å². The Kier molecular flexibility index (Phi) is 5.27. The molecule has 23 heavy (non-hydrogen) atoms. The summed E-state index contributed by atoms with van der Waals surface area (Å²) < 4.78 is 40.0. The number of nitrogens with one attached hydrogen (secondary N) is 1. The normalized spacial score (nSPS) is 21.9. The van der Waals surface area contributed by atoms with Crippen molar-refractivity contribution in [3.05, 3.63) is 22.7 Å². The van der Waals surface area contributed by atoms with Gasteiger partial charge >= 0.3 is 12.1 Å². The highest BCUT2D eigenvalue weighted by Crippen LogP contribution is 2.41. The van der Waals surface area contributed by atoms with E-state index in [1.807, 2.05) is 0 Å². The summed E-state index contributed by atoms with van der Waals surface area (Å²) in [5.41, 5.74) is -0.658. The van der Waals surface area contributed by atoms with Crippen LogP contribution in [-0.4, -0.2) is 33.3 Å². The SMILES string of the molecule is O=C(O)Cn1ccnc(NC[C@@H]2CCCC[C@@H]2C(F)(F)F)c1=O. The Morgan fingerprint density at radius 3 is 2.74 bits per heavy atom. The first-order valence-electron chi connectivity index (χ1n) is 7.37. The molecule has 1 aliphatic carbocycles. The highest BCUT2D eigenvalue weighted by molar-refractivity contribution is 5.66. The maximum Gasteiger partial charge on any atom is 0.392 e. The average molecular weight is 333 g/mol. The molecule has 0 bridgehead atoms. The lowest BCUT2D eigenvalue weighted by molar-refractivity contribution is -0.194. The molecule has 2 rings (SSSR count). The molecule has 0 amide bonds. The van der Waals surface area contributed by atoms with E-state index >= 15 is 0 Å². The summed E-state index contributed by atoms with van der Waals surface area (Å²) in [5.74, 6) is -3.30. The van der Waals surface area contributed by atoms with Crippen LogP contribution in [0.3, 0.4) is 0 Å². The van der Waals surface area contributed by atoms with Gasteiger partial charge in [-0.2, -0.15) is 13.2 Å². The van der Waals surface area contributed by atoms with Crippen molar-refractivity contribution < 1.29 is 23.1 Å². The van der Waals surface area contributed by atoms with Gasteiger partial charge in [-0.25, -0.2) is 4.98 Å². The second-order valence-electron chi connectivity index (χ2n) is 5.68. The molecule has 1 aliphatic rings. The average Bonchev–Trinajstić information content (AvgIpc) is 2.47. The van der Waals surface area contributed by atoms with E-state index in [9.17, 15) is 22.8 Å². The molecular weight excluding hydrogens is 315 g/mol. The standard InChI is InChI=1S/C14H18F3N3O3/c15-14(16,17)10-4-2-1-3-9(10)7-19-12-13(23)20(6-5-18-12)8-11(21)22/h5-6,9-10H,1-4,7-8H2,(H,18,19)(H,21,22)/t9-,10-/m0/s1. The minimum absolute atomic E-state index is 0.0104. The Morgan fingerprint density at radius 2 is 2.09 bits per heavy atom. The lowest BCUT2D eigenvalue weighted by atomic mass is 9.79. The predicted molar refractivity (Wildman–Crippen MR) is 76.1 cm³/mol. The fraction of sp³-hybridized carbons (Fsp3) is 0.643. The Hall–Kier alpha value is -2.06. The van der Waals surface area contributed by atoms with Gasteiger partial charge in [0.2, 0.25) is 0 Å². The number of carbonyl (C=O) groups is 1. The van der Waals surface area contributed by atoms with Crippen LogP contribution in [0.1, 0.15) is 25.7 Å². The zero-order chi connectivity index (χ0) is 17.0. The third-order valence-corrected chi connectivity index (χ3v) is 4.08. The molecule has 1 aromatic rings. The molecule has 0 saturated heterocycles. The number of alkyl halides is 3. The summed E-state index contributed by atoms with van der Waals surface area (Å²) in [6, 6.07) is 0. The number of hydrogen-bond donors (Lipinski definition) is 2. The van der Waals surface area contributed by atoms with Crippen molar-refractivity contribution in [2.24, 2.45) is 11.8 Å². The van der Waals surface area contributed by atoms with Crippen LogP contribution in [0.4, 0.5) is 19.0 Å². The number of rotatable bonds is 5. The van der Waals surface area contributed by atoms with Crippen molar-refractivity contribution in [2.45, 2.75) is 38.4 Å². The predicted octanol–water partition coefficient (Wildman–Crippen LogP) is 2.11. The third kappa shape index (κ3) is 4.46. The molecule has 0 unspecified atom stereocenters. The summed E-state index contributed by atoms with van der Waals surface area (Å²) in [4.78, 5) is 26.5. The first-order chi connectivity index (χ1) is 10.8. The quantitative estimate of drug-likeness (QED) is 0.862. The van der Waals surface area contributed by atoms with Crippen molar-refractivity contribution >= 4 is 11.8 Å². The number of carboxylic acids is 1. The summed E-state index contributed by atoms with van der Waals surface area (Å²) >= 11 is 0. The van der Waals surface area contributed by atoms with Crippen LogP contribution in [0, 0.1) is 11.8 Å². The van der Waals surface area contributed by atoms with Crippen LogP contribution >= 0.6 is 0 Å². The number of anilines is 1. The summed E-state index contributed by atoms with van der Waals surface area (Å²) in [6.07, 6.45) is 0.0324. The van der Waals surface area contributed by atoms with Crippen LogP contribution in [0.25, 0.3) is 0 Å². The van der Waals surface area contributed by atoms with E-state index in [4.69, 9.17) is 5.11 Å². The van der Waals surface area contributed by atoms with Crippen LogP contribution in [-0.2, 0) is 11.3 Å². The van der Waals surface area contributed by atoms with Gasteiger partial charge in [0, 0.05) is 18.9 Å². The van der Waals surface area contributed by atoms with Crippen LogP contribution in [0.15, 0.2) is 17.2 Å². The summed E-state index contributed by atoms with van der Waals surface area (Å²) in [7, 11) is 0. The Balaban J connectivity index is 2.08. The second kappa shape index (κ2) is 7.01. The van der Waals surface area contributed by atoms with Gasteiger partial charge in [-0.15, -0.1) is 0 Å². The molecular formula is C14H18F3N3O3. The molecule has 0 aromatic carbocycles. The molecule has 2 atom stereocenters. The molecule has 1 aromatic heterocycles. The Morgan fingerprint density at radius 1 is 1.39 bits per heavy atom. The maximum absolute atomic E-state index is 13.0. The molecule has 0 spiro atoms. The number of nitrogens with zero attached hydrogens (tertiary/aromatic N) is 2. The monoisotopic (exact) mass is 333 g/mol. The van der Waals surface area contributed by atoms with Gasteiger partial charge in [-0.05, 0) is 18.8 Å². The lowest BCUT2D eigenvalue weighted by Crippen LogP contribution is -2.37. The first-order valence-corrected chi connectivity index (χ1v) is 7.37. The van der Waals surface area contributed by atoms with E-state index in [0.29, 0.717) is 12.8 Å². The van der Waals surface area contributed by atoms with Crippen LogP contribution < -0.4 is 10.9 Å². The zero-order valence-corrected chi connectivity index (χ0v) is 12.3. The van der Waals surface area contributed by atoms with Gasteiger partial charge in [0.05, 0.1) is 5.92 Å².